The second-order valence-corrected chi connectivity index (χ2v) is 4.66. The molecule has 1 aromatic carbocycles. The first-order chi connectivity index (χ1) is 8.17. The highest BCUT2D eigenvalue weighted by Gasteiger charge is 2.07. The van der Waals surface area contributed by atoms with Crippen LogP contribution in [0.15, 0.2) is 24.3 Å². The van der Waals surface area contributed by atoms with Gasteiger partial charge in [-0.15, -0.1) is 0 Å². The summed E-state index contributed by atoms with van der Waals surface area (Å²) in [5.74, 6) is 0.292. The first-order valence-electron chi connectivity index (χ1n) is 5.59. The number of benzene rings is 1. The van der Waals surface area contributed by atoms with Crippen molar-refractivity contribution in [3.05, 3.63) is 35.4 Å². The Morgan fingerprint density at radius 1 is 1.41 bits per heavy atom. The topological polar surface area (TPSA) is 38.3 Å². The van der Waals surface area contributed by atoms with Crippen molar-refractivity contribution < 1.29 is 9.53 Å². The van der Waals surface area contributed by atoms with Crippen LogP contribution in [0.25, 0.3) is 0 Å². The van der Waals surface area contributed by atoms with Crippen molar-refractivity contribution in [2.75, 3.05) is 20.3 Å². The fraction of sp³-hybridized carbons (Fsp3) is 0.462. The average molecular weight is 300 g/mol. The molecule has 0 bridgehead atoms. The van der Waals surface area contributed by atoms with Gasteiger partial charge >= 0.3 is 0 Å². The van der Waals surface area contributed by atoms with Gasteiger partial charge in [-0.2, -0.15) is 0 Å². The van der Waals surface area contributed by atoms with Crippen molar-refractivity contribution in [1.82, 2.24) is 5.32 Å². The van der Waals surface area contributed by atoms with E-state index in [0.29, 0.717) is 24.6 Å². The standard InChI is InChI=1S/C13H18BrNO2/c1-10(9-17-2)8-15-13(16)12-5-3-11(7-14)4-6-12/h3-6,10H,7-9H2,1-2H3,(H,15,16). The molecule has 0 aliphatic rings. The van der Waals surface area contributed by atoms with Crippen molar-refractivity contribution in [2.24, 2.45) is 5.92 Å². The van der Waals surface area contributed by atoms with E-state index in [-0.39, 0.29) is 5.91 Å². The van der Waals surface area contributed by atoms with Gasteiger partial charge in [0.25, 0.3) is 5.91 Å². The van der Waals surface area contributed by atoms with E-state index < -0.39 is 0 Å². The van der Waals surface area contributed by atoms with Crippen LogP contribution in [-0.2, 0) is 10.1 Å². The Bertz CT molecular complexity index is 351. The van der Waals surface area contributed by atoms with E-state index in [2.05, 4.69) is 21.2 Å². The molecular formula is C13H18BrNO2. The Morgan fingerprint density at radius 3 is 2.59 bits per heavy atom. The van der Waals surface area contributed by atoms with Gasteiger partial charge in [0.1, 0.15) is 0 Å². The van der Waals surface area contributed by atoms with E-state index in [1.54, 1.807) is 7.11 Å². The summed E-state index contributed by atoms with van der Waals surface area (Å²) in [6.45, 7) is 3.33. The van der Waals surface area contributed by atoms with E-state index in [1.807, 2.05) is 31.2 Å². The molecule has 0 aliphatic heterocycles. The third-order valence-corrected chi connectivity index (χ3v) is 3.08. The van der Waals surface area contributed by atoms with E-state index in [1.165, 1.54) is 0 Å². The SMILES string of the molecule is COCC(C)CNC(=O)c1ccc(CBr)cc1. The van der Waals surface area contributed by atoms with Crippen molar-refractivity contribution in [3.63, 3.8) is 0 Å². The number of hydrogen-bond acceptors (Lipinski definition) is 2. The molecule has 4 heteroatoms. The molecule has 0 saturated carbocycles. The summed E-state index contributed by atoms with van der Waals surface area (Å²) in [5, 5.41) is 3.70. The summed E-state index contributed by atoms with van der Waals surface area (Å²) in [6, 6.07) is 7.57. The average Bonchev–Trinajstić information content (AvgIpc) is 2.36. The van der Waals surface area contributed by atoms with Crippen LogP contribution in [0.2, 0.25) is 0 Å². The Labute approximate surface area is 111 Å². The second-order valence-electron chi connectivity index (χ2n) is 4.10. The third kappa shape index (κ3) is 4.88. The number of rotatable bonds is 6. The van der Waals surface area contributed by atoms with E-state index in [0.717, 1.165) is 10.9 Å². The molecule has 3 nitrogen and oxygen atoms in total. The number of hydrogen-bond donors (Lipinski definition) is 1. The maximum Gasteiger partial charge on any atom is 0.251 e. The van der Waals surface area contributed by atoms with Gasteiger partial charge in [-0.3, -0.25) is 4.79 Å². The minimum atomic E-state index is -0.0333. The van der Waals surface area contributed by atoms with Crippen molar-refractivity contribution in [1.29, 1.82) is 0 Å². The highest BCUT2D eigenvalue weighted by Crippen LogP contribution is 2.08. The Balaban J connectivity index is 2.46. The summed E-state index contributed by atoms with van der Waals surface area (Å²) in [4.78, 5) is 11.8. The first-order valence-corrected chi connectivity index (χ1v) is 6.71. The van der Waals surface area contributed by atoms with Gasteiger partial charge in [0.05, 0.1) is 6.61 Å². The van der Waals surface area contributed by atoms with Gasteiger partial charge in [-0.25, -0.2) is 0 Å². The number of amides is 1. The highest BCUT2D eigenvalue weighted by molar-refractivity contribution is 9.08. The summed E-state index contributed by atoms with van der Waals surface area (Å²) >= 11 is 3.37. The molecule has 1 N–H and O–H groups in total. The molecule has 1 unspecified atom stereocenters. The van der Waals surface area contributed by atoms with Crippen LogP contribution in [0.3, 0.4) is 0 Å². The highest BCUT2D eigenvalue weighted by atomic mass is 79.9. The Kier molecular flexibility index (Phi) is 6.22. The quantitative estimate of drug-likeness (QED) is 0.820. The first kappa shape index (κ1) is 14.2. The number of nitrogens with one attached hydrogen (secondary N) is 1. The molecule has 0 aliphatic carbocycles. The second kappa shape index (κ2) is 7.45. The lowest BCUT2D eigenvalue weighted by Crippen LogP contribution is -2.29. The number of methoxy groups -OCH3 is 1. The smallest absolute Gasteiger partial charge is 0.251 e. The molecule has 0 heterocycles. The molecule has 1 rings (SSSR count). The molecular weight excluding hydrogens is 282 g/mol. The van der Waals surface area contributed by atoms with E-state index in [9.17, 15) is 4.79 Å². The third-order valence-electron chi connectivity index (χ3n) is 2.43. The largest absolute Gasteiger partial charge is 0.384 e. The Hall–Kier alpha value is -0.870. The zero-order valence-corrected chi connectivity index (χ0v) is 11.8. The molecule has 0 fully saturated rings. The predicted molar refractivity (Wildman–Crippen MR) is 72.4 cm³/mol. The number of halogens is 1. The minimum absolute atomic E-state index is 0.0333. The number of carbonyl (C=O) groups excluding carboxylic acids is 1. The van der Waals surface area contributed by atoms with Crippen molar-refractivity contribution >= 4 is 21.8 Å². The number of carbonyl (C=O) groups is 1. The predicted octanol–water partition coefficient (Wildman–Crippen LogP) is 2.59. The van der Waals surface area contributed by atoms with Gasteiger partial charge in [-0.1, -0.05) is 35.0 Å². The maximum absolute atomic E-state index is 11.8. The minimum Gasteiger partial charge on any atom is -0.384 e. The van der Waals surface area contributed by atoms with Crippen LogP contribution < -0.4 is 5.32 Å². The van der Waals surface area contributed by atoms with Crippen LogP contribution in [0.4, 0.5) is 0 Å². The molecule has 1 atom stereocenters. The summed E-state index contributed by atoms with van der Waals surface area (Å²) in [5.41, 5.74) is 1.86. The molecule has 0 spiro atoms. The van der Waals surface area contributed by atoms with Crippen LogP contribution in [0.5, 0.6) is 0 Å². The molecule has 94 valence electrons. The van der Waals surface area contributed by atoms with Crippen LogP contribution in [-0.4, -0.2) is 26.2 Å². The van der Waals surface area contributed by atoms with E-state index >= 15 is 0 Å². The van der Waals surface area contributed by atoms with Gasteiger partial charge in [0, 0.05) is 24.5 Å². The summed E-state index contributed by atoms with van der Waals surface area (Å²) in [7, 11) is 1.66. The molecule has 0 radical (unpaired) electrons. The fourth-order valence-corrected chi connectivity index (χ4v) is 1.83. The van der Waals surface area contributed by atoms with Gasteiger partial charge < -0.3 is 10.1 Å². The lowest BCUT2D eigenvalue weighted by atomic mass is 10.1. The number of ether oxygens (including phenoxy) is 1. The van der Waals surface area contributed by atoms with Crippen molar-refractivity contribution in [3.8, 4) is 0 Å². The normalized spacial score (nSPS) is 12.2. The molecule has 17 heavy (non-hydrogen) atoms. The summed E-state index contributed by atoms with van der Waals surface area (Å²) < 4.78 is 5.02. The number of alkyl halides is 1. The van der Waals surface area contributed by atoms with Gasteiger partial charge in [0.15, 0.2) is 0 Å². The maximum atomic E-state index is 11.8. The lowest BCUT2D eigenvalue weighted by molar-refractivity contribution is 0.0934. The van der Waals surface area contributed by atoms with Crippen LogP contribution >= 0.6 is 15.9 Å². The molecule has 0 aromatic heterocycles. The fourth-order valence-electron chi connectivity index (χ4n) is 1.46. The Morgan fingerprint density at radius 2 is 2.06 bits per heavy atom. The lowest BCUT2D eigenvalue weighted by Gasteiger charge is -2.11. The molecule has 0 saturated heterocycles. The zero-order chi connectivity index (χ0) is 12.7. The zero-order valence-electron chi connectivity index (χ0n) is 10.2. The summed E-state index contributed by atoms with van der Waals surface area (Å²) in [6.07, 6.45) is 0. The van der Waals surface area contributed by atoms with Crippen molar-refractivity contribution in [2.45, 2.75) is 12.3 Å². The van der Waals surface area contributed by atoms with Gasteiger partial charge in [-0.05, 0) is 23.6 Å². The van der Waals surface area contributed by atoms with Crippen LogP contribution in [0, 0.1) is 5.92 Å². The molecule has 1 aromatic rings. The van der Waals surface area contributed by atoms with Gasteiger partial charge in [0.2, 0.25) is 0 Å². The monoisotopic (exact) mass is 299 g/mol. The van der Waals surface area contributed by atoms with Crippen LogP contribution in [0.1, 0.15) is 22.8 Å². The van der Waals surface area contributed by atoms with E-state index in [4.69, 9.17) is 4.74 Å². The molecule has 1 amide bonds.